The third-order valence-electron chi connectivity index (χ3n) is 3.45. The minimum Gasteiger partial charge on any atom is -0.406 e. The number of halogens is 3. The smallest absolute Gasteiger partial charge is 0.406 e. The van der Waals surface area contributed by atoms with E-state index in [1.807, 2.05) is 0 Å². The Morgan fingerprint density at radius 2 is 1.69 bits per heavy atom. The molecule has 1 heterocycles. The highest BCUT2D eigenvalue weighted by Crippen LogP contribution is 2.25. The van der Waals surface area contributed by atoms with Crippen molar-refractivity contribution in [2.24, 2.45) is 0 Å². The summed E-state index contributed by atoms with van der Waals surface area (Å²) in [6.45, 7) is 1.42. The van der Waals surface area contributed by atoms with E-state index in [1.54, 1.807) is 30.3 Å². The average Bonchev–Trinajstić information content (AvgIpc) is 2.62. The Hall–Kier alpha value is -3.82. The van der Waals surface area contributed by atoms with Gasteiger partial charge in [-0.25, -0.2) is 4.98 Å². The third kappa shape index (κ3) is 6.38. The van der Waals surface area contributed by atoms with Crippen molar-refractivity contribution in [1.29, 1.82) is 0 Å². The van der Waals surface area contributed by atoms with Gasteiger partial charge in [0.25, 0.3) is 0 Å². The Labute approximate surface area is 164 Å². The first-order valence-corrected chi connectivity index (χ1v) is 8.37. The minimum absolute atomic E-state index is 0.184. The van der Waals surface area contributed by atoms with Crippen LogP contribution in [0.2, 0.25) is 0 Å². The molecule has 3 aromatic rings. The monoisotopic (exact) mass is 403 g/mol. The third-order valence-corrected chi connectivity index (χ3v) is 3.45. The van der Waals surface area contributed by atoms with E-state index in [9.17, 15) is 18.0 Å². The van der Waals surface area contributed by atoms with Crippen molar-refractivity contribution in [2.75, 3.05) is 16.0 Å². The Balaban J connectivity index is 1.67. The normalized spacial score (nSPS) is 10.9. The first-order valence-electron chi connectivity index (χ1n) is 8.37. The van der Waals surface area contributed by atoms with E-state index in [1.165, 1.54) is 37.4 Å². The molecular weight excluding hydrogens is 387 g/mol. The van der Waals surface area contributed by atoms with Gasteiger partial charge in [0.05, 0.1) is 0 Å². The summed E-state index contributed by atoms with van der Waals surface area (Å²) >= 11 is 0. The van der Waals surface area contributed by atoms with Crippen LogP contribution in [0.15, 0.2) is 60.8 Å². The van der Waals surface area contributed by atoms with Crippen molar-refractivity contribution in [3.05, 3.63) is 60.8 Å². The number of alkyl halides is 3. The molecule has 3 N–H and O–H groups in total. The molecular formula is C19H16F3N5O2. The van der Waals surface area contributed by atoms with Crippen LogP contribution < -0.4 is 20.7 Å². The van der Waals surface area contributed by atoms with Crippen LogP contribution in [0.1, 0.15) is 6.92 Å². The number of nitrogens with zero attached hydrogens (tertiary/aromatic N) is 2. The molecule has 1 amide bonds. The molecule has 10 heteroatoms. The minimum atomic E-state index is -4.74. The summed E-state index contributed by atoms with van der Waals surface area (Å²) in [5, 5.41) is 8.67. The molecule has 2 aromatic carbocycles. The number of rotatable bonds is 6. The van der Waals surface area contributed by atoms with Gasteiger partial charge in [-0.05, 0) is 48.5 Å². The summed E-state index contributed by atoms with van der Waals surface area (Å²) in [6.07, 6.45) is -3.21. The maximum Gasteiger partial charge on any atom is 0.573 e. The van der Waals surface area contributed by atoms with Crippen LogP contribution in [0, 0.1) is 0 Å². The van der Waals surface area contributed by atoms with E-state index in [4.69, 9.17) is 0 Å². The molecule has 1 aromatic heterocycles. The number of carbonyl (C=O) groups excluding carboxylic acids is 1. The Morgan fingerprint density at radius 1 is 0.966 bits per heavy atom. The first kappa shape index (κ1) is 19.9. The second-order valence-electron chi connectivity index (χ2n) is 5.85. The van der Waals surface area contributed by atoms with E-state index in [2.05, 4.69) is 30.7 Å². The van der Waals surface area contributed by atoms with Gasteiger partial charge in [0.2, 0.25) is 11.9 Å². The highest BCUT2D eigenvalue weighted by Gasteiger charge is 2.30. The summed E-state index contributed by atoms with van der Waals surface area (Å²) < 4.78 is 40.5. The number of amides is 1. The van der Waals surface area contributed by atoms with E-state index < -0.39 is 6.36 Å². The molecule has 0 fully saturated rings. The van der Waals surface area contributed by atoms with Crippen molar-refractivity contribution in [3.8, 4) is 5.75 Å². The largest absolute Gasteiger partial charge is 0.573 e. The predicted octanol–water partition coefficient (Wildman–Crippen LogP) is 4.82. The Morgan fingerprint density at radius 3 is 2.38 bits per heavy atom. The number of benzene rings is 2. The lowest BCUT2D eigenvalue weighted by Gasteiger charge is -2.11. The quantitative estimate of drug-likeness (QED) is 0.547. The topological polar surface area (TPSA) is 88.2 Å². The molecule has 0 atom stereocenters. The molecule has 0 aliphatic heterocycles. The molecule has 0 radical (unpaired) electrons. The number of carbonyl (C=O) groups is 1. The van der Waals surface area contributed by atoms with E-state index >= 15 is 0 Å². The fraction of sp³-hybridized carbons (Fsp3) is 0.105. The molecule has 0 unspecified atom stereocenters. The van der Waals surface area contributed by atoms with Crippen LogP contribution in [0.5, 0.6) is 5.75 Å². The van der Waals surface area contributed by atoms with E-state index in [0.717, 1.165) is 0 Å². The van der Waals surface area contributed by atoms with Crippen LogP contribution >= 0.6 is 0 Å². The Bertz CT molecular complexity index is 994. The van der Waals surface area contributed by atoms with Gasteiger partial charge in [-0.1, -0.05) is 6.07 Å². The predicted molar refractivity (Wildman–Crippen MR) is 102 cm³/mol. The lowest BCUT2D eigenvalue weighted by atomic mass is 10.2. The van der Waals surface area contributed by atoms with Crippen molar-refractivity contribution in [2.45, 2.75) is 13.3 Å². The Kier molecular flexibility index (Phi) is 5.82. The molecule has 29 heavy (non-hydrogen) atoms. The molecule has 0 bridgehead atoms. The molecule has 0 aliphatic rings. The van der Waals surface area contributed by atoms with E-state index in [-0.39, 0.29) is 11.7 Å². The van der Waals surface area contributed by atoms with Gasteiger partial charge in [-0.2, -0.15) is 4.98 Å². The molecule has 150 valence electrons. The summed E-state index contributed by atoms with van der Waals surface area (Å²) in [7, 11) is 0. The van der Waals surface area contributed by atoms with Gasteiger partial charge in [0.1, 0.15) is 11.6 Å². The SMILES string of the molecule is CC(=O)Nc1cccc(Nc2nccc(Nc3ccc(OC(F)(F)F)cc3)n2)c1. The second-order valence-corrected chi connectivity index (χ2v) is 5.85. The number of hydrogen-bond acceptors (Lipinski definition) is 6. The van der Waals surface area contributed by atoms with Crippen LogP contribution in [-0.2, 0) is 4.79 Å². The highest BCUT2D eigenvalue weighted by molar-refractivity contribution is 5.89. The molecule has 0 aliphatic carbocycles. The van der Waals surface area contributed by atoms with Gasteiger partial charge in [-0.3, -0.25) is 4.79 Å². The van der Waals surface area contributed by atoms with Gasteiger partial charge >= 0.3 is 6.36 Å². The van der Waals surface area contributed by atoms with Crippen LogP contribution in [0.4, 0.5) is 42.0 Å². The van der Waals surface area contributed by atoms with Crippen molar-refractivity contribution in [1.82, 2.24) is 9.97 Å². The number of anilines is 5. The molecule has 0 spiro atoms. The lowest BCUT2D eigenvalue weighted by molar-refractivity contribution is -0.274. The zero-order valence-corrected chi connectivity index (χ0v) is 15.1. The van der Waals surface area contributed by atoms with Gasteiger partial charge in [-0.15, -0.1) is 13.2 Å². The zero-order valence-electron chi connectivity index (χ0n) is 15.1. The second kappa shape index (κ2) is 8.46. The fourth-order valence-electron chi connectivity index (χ4n) is 2.38. The molecule has 0 saturated heterocycles. The number of aromatic nitrogens is 2. The van der Waals surface area contributed by atoms with Gasteiger partial charge in [0, 0.05) is 30.2 Å². The van der Waals surface area contributed by atoms with Gasteiger partial charge < -0.3 is 20.7 Å². The summed E-state index contributed by atoms with van der Waals surface area (Å²) in [4.78, 5) is 19.6. The van der Waals surface area contributed by atoms with Crippen molar-refractivity contribution < 1.29 is 22.7 Å². The highest BCUT2D eigenvalue weighted by atomic mass is 19.4. The standard InChI is InChI=1S/C19H16F3N5O2/c1-12(28)24-14-3-2-4-15(11-14)26-18-23-10-9-17(27-18)25-13-5-7-16(8-6-13)29-19(20,21)22/h2-11H,1H3,(H,24,28)(H2,23,25,26,27). The number of ether oxygens (including phenoxy) is 1. The molecule has 7 nitrogen and oxygen atoms in total. The maximum absolute atomic E-state index is 12.2. The van der Waals surface area contributed by atoms with Crippen LogP contribution in [0.3, 0.4) is 0 Å². The molecule has 0 saturated carbocycles. The fourth-order valence-corrected chi connectivity index (χ4v) is 2.38. The summed E-state index contributed by atoms with van der Waals surface area (Å²) in [6, 6.07) is 13.9. The van der Waals surface area contributed by atoms with Crippen LogP contribution in [-0.4, -0.2) is 22.2 Å². The lowest BCUT2D eigenvalue weighted by Crippen LogP contribution is -2.16. The van der Waals surface area contributed by atoms with E-state index in [0.29, 0.717) is 28.8 Å². The summed E-state index contributed by atoms with van der Waals surface area (Å²) in [5.41, 5.74) is 1.82. The van der Waals surface area contributed by atoms with Crippen LogP contribution in [0.25, 0.3) is 0 Å². The van der Waals surface area contributed by atoms with Crippen molar-refractivity contribution >= 4 is 34.7 Å². The number of hydrogen-bond donors (Lipinski definition) is 3. The van der Waals surface area contributed by atoms with Crippen molar-refractivity contribution in [3.63, 3.8) is 0 Å². The zero-order chi connectivity index (χ0) is 20.9. The molecule has 3 rings (SSSR count). The maximum atomic E-state index is 12.2. The number of nitrogens with one attached hydrogen (secondary N) is 3. The average molecular weight is 403 g/mol. The summed E-state index contributed by atoms with van der Waals surface area (Å²) in [5.74, 6) is 0.236. The van der Waals surface area contributed by atoms with Gasteiger partial charge in [0.15, 0.2) is 0 Å². The first-order chi connectivity index (χ1) is 13.8.